The molecular formula is C17H25N3O7S. The summed E-state index contributed by atoms with van der Waals surface area (Å²) < 4.78 is 37.8. The maximum atomic E-state index is 12.6. The van der Waals surface area contributed by atoms with Crippen LogP contribution in [-0.2, 0) is 19.6 Å². The number of sulfonamides is 1. The van der Waals surface area contributed by atoms with Crippen molar-refractivity contribution in [2.75, 3.05) is 14.2 Å². The summed E-state index contributed by atoms with van der Waals surface area (Å²) in [4.78, 5) is 35.0. The van der Waals surface area contributed by atoms with Crippen molar-refractivity contribution in [2.24, 2.45) is 0 Å². The standard InChI is InChI=1S/C17H25N3O7S/c1-10(14(21)19-16(23)18-5)27-15(22)11-7-8-12(26-6)13(9-11)28(24,25)20-17(2,3)4/h7-10,20H,1-6H3,(H2,18,19,21,23). The fourth-order valence-electron chi connectivity index (χ4n) is 2.03. The summed E-state index contributed by atoms with van der Waals surface area (Å²) in [6.45, 7) is 6.28. The van der Waals surface area contributed by atoms with Crippen LogP contribution in [0.4, 0.5) is 4.79 Å². The van der Waals surface area contributed by atoms with Gasteiger partial charge in [-0.1, -0.05) is 0 Å². The molecule has 0 fully saturated rings. The van der Waals surface area contributed by atoms with Gasteiger partial charge in [-0.2, -0.15) is 0 Å². The number of imide groups is 1. The van der Waals surface area contributed by atoms with Crippen molar-refractivity contribution in [3.63, 3.8) is 0 Å². The van der Waals surface area contributed by atoms with Crippen molar-refractivity contribution in [3.8, 4) is 5.75 Å². The van der Waals surface area contributed by atoms with E-state index in [4.69, 9.17) is 9.47 Å². The fraction of sp³-hybridized carbons (Fsp3) is 0.471. The summed E-state index contributed by atoms with van der Waals surface area (Å²) in [5, 5.41) is 4.17. The molecule has 0 aromatic heterocycles. The van der Waals surface area contributed by atoms with Gasteiger partial charge in [0.1, 0.15) is 10.6 Å². The second kappa shape index (κ2) is 9.02. The van der Waals surface area contributed by atoms with E-state index < -0.39 is 39.6 Å². The Hall–Kier alpha value is -2.66. The molecule has 3 amide bonds. The van der Waals surface area contributed by atoms with Crippen molar-refractivity contribution in [3.05, 3.63) is 23.8 Å². The molecule has 1 aromatic rings. The summed E-state index contributed by atoms with van der Waals surface area (Å²) in [6, 6.07) is 2.96. The lowest BCUT2D eigenvalue weighted by atomic mass is 10.1. The van der Waals surface area contributed by atoms with Crippen LogP contribution in [0.3, 0.4) is 0 Å². The summed E-state index contributed by atoms with van der Waals surface area (Å²) >= 11 is 0. The van der Waals surface area contributed by atoms with Gasteiger partial charge in [-0.05, 0) is 45.9 Å². The number of ether oxygens (including phenoxy) is 2. The van der Waals surface area contributed by atoms with E-state index in [1.807, 2.05) is 5.32 Å². The van der Waals surface area contributed by atoms with Crippen molar-refractivity contribution < 1.29 is 32.3 Å². The highest BCUT2D eigenvalue weighted by Gasteiger charge is 2.27. The molecule has 0 spiro atoms. The topological polar surface area (TPSA) is 140 Å². The molecule has 0 bridgehead atoms. The van der Waals surface area contributed by atoms with Crippen molar-refractivity contribution in [1.82, 2.24) is 15.4 Å². The van der Waals surface area contributed by atoms with Crippen LogP contribution in [0.25, 0.3) is 0 Å². The normalized spacial score (nSPS) is 12.6. The molecule has 28 heavy (non-hydrogen) atoms. The molecule has 0 aliphatic rings. The highest BCUT2D eigenvalue weighted by atomic mass is 32.2. The van der Waals surface area contributed by atoms with Gasteiger partial charge < -0.3 is 14.8 Å². The molecule has 0 aliphatic carbocycles. The molecule has 0 radical (unpaired) electrons. The van der Waals surface area contributed by atoms with E-state index in [1.165, 1.54) is 33.2 Å². The SMILES string of the molecule is CNC(=O)NC(=O)C(C)OC(=O)c1ccc(OC)c(S(=O)(=O)NC(C)(C)C)c1. The Bertz CT molecular complexity index is 860. The molecule has 0 heterocycles. The molecule has 1 unspecified atom stereocenters. The third-order valence-corrected chi connectivity index (χ3v) is 5.03. The molecule has 156 valence electrons. The Labute approximate surface area is 164 Å². The van der Waals surface area contributed by atoms with Gasteiger partial charge in [-0.3, -0.25) is 10.1 Å². The van der Waals surface area contributed by atoms with Crippen molar-refractivity contribution in [2.45, 2.75) is 44.2 Å². The predicted octanol–water partition coefficient (Wildman–Crippen LogP) is 0.773. The summed E-state index contributed by atoms with van der Waals surface area (Å²) in [5.74, 6) is -1.73. The average Bonchev–Trinajstić information content (AvgIpc) is 2.58. The molecule has 1 rings (SSSR count). The van der Waals surface area contributed by atoms with Gasteiger partial charge >= 0.3 is 12.0 Å². The lowest BCUT2D eigenvalue weighted by molar-refractivity contribution is -0.127. The Kier molecular flexibility index (Phi) is 7.53. The van der Waals surface area contributed by atoms with Crippen LogP contribution in [0.5, 0.6) is 5.75 Å². The van der Waals surface area contributed by atoms with E-state index in [-0.39, 0.29) is 16.2 Å². The minimum absolute atomic E-state index is 0.0405. The van der Waals surface area contributed by atoms with E-state index in [9.17, 15) is 22.8 Å². The minimum atomic E-state index is -4.00. The largest absolute Gasteiger partial charge is 0.495 e. The zero-order valence-electron chi connectivity index (χ0n) is 16.6. The maximum absolute atomic E-state index is 12.6. The van der Waals surface area contributed by atoms with E-state index in [1.54, 1.807) is 20.8 Å². The second-order valence-electron chi connectivity index (χ2n) is 6.84. The van der Waals surface area contributed by atoms with Crippen LogP contribution >= 0.6 is 0 Å². The molecule has 0 saturated carbocycles. The quantitative estimate of drug-likeness (QED) is 0.583. The van der Waals surface area contributed by atoms with Crippen LogP contribution < -0.4 is 20.1 Å². The fourth-order valence-corrected chi connectivity index (χ4v) is 3.64. The Morgan fingerprint density at radius 1 is 1.14 bits per heavy atom. The molecule has 11 heteroatoms. The van der Waals surface area contributed by atoms with Gasteiger partial charge in [0.15, 0.2) is 6.10 Å². The number of hydrogen-bond acceptors (Lipinski definition) is 7. The molecular weight excluding hydrogens is 390 g/mol. The number of carbonyl (C=O) groups is 3. The van der Waals surface area contributed by atoms with Gasteiger partial charge in [0.2, 0.25) is 10.0 Å². The summed E-state index contributed by atoms with van der Waals surface area (Å²) in [7, 11) is -1.37. The molecule has 0 saturated heterocycles. The van der Waals surface area contributed by atoms with Gasteiger partial charge in [0.25, 0.3) is 5.91 Å². The zero-order chi connectivity index (χ0) is 21.7. The van der Waals surface area contributed by atoms with Gasteiger partial charge in [-0.25, -0.2) is 22.7 Å². The van der Waals surface area contributed by atoms with Crippen LogP contribution in [0.1, 0.15) is 38.1 Å². The first kappa shape index (κ1) is 23.4. The van der Waals surface area contributed by atoms with Crippen LogP contribution in [0.2, 0.25) is 0 Å². The number of methoxy groups -OCH3 is 1. The lowest BCUT2D eigenvalue weighted by Crippen LogP contribution is -2.43. The molecule has 3 N–H and O–H groups in total. The van der Waals surface area contributed by atoms with E-state index in [0.717, 1.165) is 6.07 Å². The Balaban J connectivity index is 3.11. The first-order valence-corrected chi connectivity index (χ1v) is 9.74. The highest BCUT2D eigenvalue weighted by molar-refractivity contribution is 7.89. The number of nitrogens with one attached hydrogen (secondary N) is 3. The average molecular weight is 415 g/mol. The van der Waals surface area contributed by atoms with Crippen molar-refractivity contribution in [1.29, 1.82) is 0 Å². The third-order valence-electron chi connectivity index (χ3n) is 3.25. The summed E-state index contributed by atoms with van der Waals surface area (Å²) in [6.07, 6.45) is -1.28. The second-order valence-corrected chi connectivity index (χ2v) is 8.49. The van der Waals surface area contributed by atoms with Crippen molar-refractivity contribution >= 4 is 27.9 Å². The number of benzene rings is 1. The molecule has 1 atom stereocenters. The Morgan fingerprint density at radius 3 is 2.25 bits per heavy atom. The zero-order valence-corrected chi connectivity index (χ0v) is 17.4. The first-order valence-electron chi connectivity index (χ1n) is 8.26. The van der Waals surface area contributed by atoms with Crippen LogP contribution in [0, 0.1) is 0 Å². The van der Waals surface area contributed by atoms with Gasteiger partial charge in [0, 0.05) is 12.6 Å². The Morgan fingerprint density at radius 2 is 1.75 bits per heavy atom. The molecule has 1 aromatic carbocycles. The maximum Gasteiger partial charge on any atom is 0.338 e. The molecule has 10 nitrogen and oxygen atoms in total. The number of urea groups is 1. The van der Waals surface area contributed by atoms with Gasteiger partial charge in [-0.15, -0.1) is 0 Å². The van der Waals surface area contributed by atoms with Crippen LogP contribution in [-0.4, -0.2) is 52.1 Å². The number of hydrogen-bond donors (Lipinski definition) is 3. The highest BCUT2D eigenvalue weighted by Crippen LogP contribution is 2.26. The smallest absolute Gasteiger partial charge is 0.338 e. The first-order chi connectivity index (χ1) is 12.8. The number of carbonyl (C=O) groups excluding carboxylic acids is 3. The predicted molar refractivity (Wildman–Crippen MR) is 101 cm³/mol. The van der Waals surface area contributed by atoms with E-state index >= 15 is 0 Å². The van der Waals surface area contributed by atoms with Gasteiger partial charge in [0.05, 0.1) is 12.7 Å². The lowest BCUT2D eigenvalue weighted by Gasteiger charge is -2.21. The van der Waals surface area contributed by atoms with Crippen LogP contribution in [0.15, 0.2) is 23.1 Å². The third kappa shape index (κ3) is 6.50. The minimum Gasteiger partial charge on any atom is -0.495 e. The monoisotopic (exact) mass is 415 g/mol. The number of amides is 3. The van der Waals surface area contributed by atoms with E-state index in [2.05, 4.69) is 10.0 Å². The summed E-state index contributed by atoms with van der Waals surface area (Å²) in [5.41, 5.74) is -0.859. The number of esters is 1. The molecule has 0 aliphatic heterocycles. The number of rotatable bonds is 6. The van der Waals surface area contributed by atoms with E-state index in [0.29, 0.717) is 0 Å².